The molecule has 0 amide bonds. The molecular weight excluding hydrogens is 307 g/mol. The average molecular weight is 341 g/mol. The van der Waals surface area contributed by atoms with Crippen LogP contribution < -0.4 is 0 Å². The minimum absolute atomic E-state index is 0.767. The molecule has 0 rings (SSSR count). The standard InChI is InChI=1S/C15H33O2PS2/c1-4-7-9-11-13-16-18(19,20-15-6-3)17-14-12-10-8-5-2/h4-15H2,1-3H3. The van der Waals surface area contributed by atoms with E-state index in [2.05, 4.69) is 20.8 Å². The van der Waals surface area contributed by atoms with Crippen LogP contribution >= 0.6 is 17.1 Å². The molecule has 0 saturated carbocycles. The molecule has 0 aliphatic carbocycles. The molecule has 0 unspecified atom stereocenters. The van der Waals surface area contributed by atoms with Gasteiger partial charge in [0.05, 0.1) is 13.2 Å². The van der Waals surface area contributed by atoms with E-state index in [0.717, 1.165) is 38.2 Å². The highest BCUT2D eigenvalue weighted by Gasteiger charge is 2.19. The van der Waals surface area contributed by atoms with E-state index >= 15 is 0 Å². The SMILES string of the molecule is CCCCCCOP(=S)(OCCCCCC)SCCC. The van der Waals surface area contributed by atoms with E-state index in [1.54, 1.807) is 11.4 Å². The van der Waals surface area contributed by atoms with Crippen LogP contribution in [0.4, 0.5) is 0 Å². The van der Waals surface area contributed by atoms with Gasteiger partial charge in [0.25, 0.3) is 0 Å². The molecule has 0 aromatic heterocycles. The summed E-state index contributed by atoms with van der Waals surface area (Å²) in [6.45, 7) is 8.16. The van der Waals surface area contributed by atoms with E-state index in [-0.39, 0.29) is 0 Å². The molecule has 0 atom stereocenters. The van der Waals surface area contributed by atoms with Crippen molar-refractivity contribution in [1.29, 1.82) is 0 Å². The smallest absolute Gasteiger partial charge is 0.247 e. The van der Waals surface area contributed by atoms with E-state index in [0.29, 0.717) is 0 Å². The first-order valence-electron chi connectivity index (χ1n) is 8.22. The minimum Gasteiger partial charge on any atom is -0.322 e. The average Bonchev–Trinajstić information content (AvgIpc) is 2.45. The van der Waals surface area contributed by atoms with Crippen molar-refractivity contribution in [2.75, 3.05) is 19.0 Å². The normalized spacial score (nSPS) is 11.9. The Bertz CT molecular complexity index is 232. The quantitative estimate of drug-likeness (QED) is 0.248. The molecule has 0 aliphatic heterocycles. The topological polar surface area (TPSA) is 18.5 Å². The lowest BCUT2D eigenvalue weighted by Crippen LogP contribution is -1.98. The van der Waals surface area contributed by atoms with Crippen molar-refractivity contribution in [3.8, 4) is 0 Å². The Hall–Kier alpha value is 0.920. The van der Waals surface area contributed by atoms with Crippen LogP contribution in [-0.2, 0) is 20.9 Å². The molecule has 5 heteroatoms. The highest BCUT2D eigenvalue weighted by molar-refractivity contribution is 8.67. The zero-order valence-electron chi connectivity index (χ0n) is 13.6. The zero-order valence-corrected chi connectivity index (χ0v) is 16.1. The van der Waals surface area contributed by atoms with E-state index < -0.39 is 5.69 Å². The molecule has 0 aromatic rings. The molecule has 0 fully saturated rings. The fourth-order valence-electron chi connectivity index (χ4n) is 1.73. The van der Waals surface area contributed by atoms with Crippen molar-refractivity contribution in [2.45, 2.75) is 78.6 Å². The van der Waals surface area contributed by atoms with Gasteiger partial charge in [-0.3, -0.25) is 0 Å². The molecule has 0 N–H and O–H groups in total. The van der Waals surface area contributed by atoms with Gasteiger partial charge in [-0.1, -0.05) is 70.7 Å². The Balaban J connectivity index is 3.91. The summed E-state index contributed by atoms with van der Waals surface area (Å²) in [7, 11) is 0. The predicted molar refractivity (Wildman–Crippen MR) is 97.2 cm³/mol. The summed E-state index contributed by atoms with van der Waals surface area (Å²) in [6, 6.07) is 0. The van der Waals surface area contributed by atoms with Crippen LogP contribution in [0.25, 0.3) is 0 Å². The lowest BCUT2D eigenvalue weighted by Gasteiger charge is -2.21. The van der Waals surface area contributed by atoms with Crippen LogP contribution in [0.3, 0.4) is 0 Å². The van der Waals surface area contributed by atoms with Gasteiger partial charge in [-0.15, -0.1) is 0 Å². The monoisotopic (exact) mass is 340 g/mol. The fourth-order valence-corrected chi connectivity index (χ4v) is 6.29. The zero-order chi connectivity index (χ0) is 15.1. The molecule has 0 heterocycles. The van der Waals surface area contributed by atoms with Gasteiger partial charge < -0.3 is 9.05 Å². The van der Waals surface area contributed by atoms with Gasteiger partial charge in [-0.25, -0.2) is 0 Å². The number of unbranched alkanes of at least 4 members (excludes halogenated alkanes) is 6. The summed E-state index contributed by atoms with van der Waals surface area (Å²) in [4.78, 5) is 0. The summed E-state index contributed by atoms with van der Waals surface area (Å²) >= 11 is 7.39. The molecular formula is C15H33O2PS2. The summed E-state index contributed by atoms with van der Waals surface area (Å²) in [6.07, 6.45) is 10.9. The molecule has 0 aromatic carbocycles. The third kappa shape index (κ3) is 12.6. The van der Waals surface area contributed by atoms with Crippen molar-refractivity contribution < 1.29 is 9.05 Å². The molecule has 0 saturated heterocycles. The van der Waals surface area contributed by atoms with Gasteiger partial charge >= 0.3 is 0 Å². The second kappa shape index (κ2) is 14.8. The molecule has 20 heavy (non-hydrogen) atoms. The Morgan fingerprint density at radius 1 is 0.750 bits per heavy atom. The first-order valence-corrected chi connectivity index (χ1v) is 12.4. The predicted octanol–water partition coefficient (Wildman–Crippen LogP) is 6.55. The van der Waals surface area contributed by atoms with Gasteiger partial charge in [0.15, 0.2) is 0 Å². The Labute approximate surface area is 135 Å². The maximum atomic E-state index is 5.95. The highest BCUT2D eigenvalue weighted by atomic mass is 32.9. The van der Waals surface area contributed by atoms with Gasteiger partial charge in [-0.05, 0) is 31.1 Å². The number of hydrogen-bond acceptors (Lipinski definition) is 4. The third-order valence-corrected chi connectivity index (χ3v) is 8.56. The Morgan fingerprint density at radius 2 is 1.25 bits per heavy atom. The van der Waals surface area contributed by atoms with Gasteiger partial charge in [0, 0.05) is 5.75 Å². The second-order valence-corrected chi connectivity index (χ2v) is 11.5. The molecule has 0 radical (unpaired) electrons. The molecule has 122 valence electrons. The van der Waals surface area contributed by atoms with E-state index in [1.165, 1.54) is 38.5 Å². The fraction of sp³-hybridized carbons (Fsp3) is 1.00. The van der Waals surface area contributed by atoms with Crippen molar-refractivity contribution in [1.82, 2.24) is 0 Å². The van der Waals surface area contributed by atoms with Crippen LogP contribution in [-0.4, -0.2) is 19.0 Å². The minimum atomic E-state index is -2.08. The molecule has 0 aliphatic rings. The lowest BCUT2D eigenvalue weighted by atomic mass is 10.2. The maximum Gasteiger partial charge on any atom is 0.247 e. The number of hydrogen-bond donors (Lipinski definition) is 0. The van der Waals surface area contributed by atoms with E-state index in [9.17, 15) is 0 Å². The van der Waals surface area contributed by atoms with Crippen LogP contribution in [0.5, 0.6) is 0 Å². The van der Waals surface area contributed by atoms with Crippen molar-refractivity contribution >= 4 is 28.9 Å². The first kappa shape index (κ1) is 20.9. The lowest BCUT2D eigenvalue weighted by molar-refractivity contribution is 0.250. The highest BCUT2D eigenvalue weighted by Crippen LogP contribution is 2.61. The summed E-state index contributed by atoms with van der Waals surface area (Å²) in [5.74, 6) is 1.04. The van der Waals surface area contributed by atoms with Gasteiger partial charge in [-0.2, -0.15) is 0 Å². The summed E-state index contributed by atoms with van der Waals surface area (Å²) < 4.78 is 11.9. The van der Waals surface area contributed by atoms with Crippen LogP contribution in [0.2, 0.25) is 0 Å². The van der Waals surface area contributed by atoms with Crippen LogP contribution in [0.15, 0.2) is 0 Å². The van der Waals surface area contributed by atoms with Crippen molar-refractivity contribution in [3.05, 3.63) is 0 Å². The van der Waals surface area contributed by atoms with Crippen LogP contribution in [0.1, 0.15) is 78.6 Å². The van der Waals surface area contributed by atoms with E-state index in [4.69, 9.17) is 20.9 Å². The Kier molecular flexibility index (Phi) is 15.5. The number of rotatable bonds is 15. The van der Waals surface area contributed by atoms with E-state index in [1.807, 2.05) is 0 Å². The molecule has 0 bridgehead atoms. The van der Waals surface area contributed by atoms with Crippen molar-refractivity contribution in [2.24, 2.45) is 0 Å². The van der Waals surface area contributed by atoms with Gasteiger partial charge in [0.2, 0.25) is 5.69 Å². The van der Waals surface area contributed by atoms with Crippen molar-refractivity contribution in [3.63, 3.8) is 0 Å². The maximum absolute atomic E-state index is 5.95. The summed E-state index contributed by atoms with van der Waals surface area (Å²) in [5.41, 5.74) is -2.08. The van der Waals surface area contributed by atoms with Crippen LogP contribution in [0, 0.1) is 0 Å². The molecule has 0 spiro atoms. The second-order valence-electron chi connectivity index (χ2n) is 5.07. The summed E-state index contributed by atoms with van der Waals surface area (Å²) in [5, 5.41) is 0. The Morgan fingerprint density at radius 3 is 1.65 bits per heavy atom. The van der Waals surface area contributed by atoms with Gasteiger partial charge in [0.1, 0.15) is 0 Å². The molecule has 2 nitrogen and oxygen atoms in total. The first-order chi connectivity index (χ1) is 9.68. The largest absolute Gasteiger partial charge is 0.322 e. The third-order valence-electron chi connectivity index (χ3n) is 2.95.